The molecule has 5 N–H and O–H groups in total. The van der Waals surface area contributed by atoms with Crippen LogP contribution in [0.4, 0.5) is 5.69 Å². The number of ether oxygens (including phenoxy) is 7. The number of hydrogen-bond acceptors (Lipinski definition) is 13. The van der Waals surface area contributed by atoms with Crippen molar-refractivity contribution in [1.29, 1.82) is 0 Å². The smallest absolute Gasteiger partial charge is 0.338 e. The number of esters is 1. The van der Waals surface area contributed by atoms with Crippen LogP contribution in [0, 0.1) is 6.92 Å². The van der Waals surface area contributed by atoms with Gasteiger partial charge in [0.15, 0.2) is 18.9 Å². The number of rotatable bonds is 10. The zero-order valence-electron chi connectivity index (χ0n) is 27.4. The molecule has 3 fully saturated rings. The molecule has 3 saturated heterocycles. The molecule has 3 aliphatic heterocycles. The molecule has 0 aliphatic carbocycles. The van der Waals surface area contributed by atoms with Crippen LogP contribution in [0.2, 0.25) is 0 Å². The normalized spacial score (nSPS) is 32.5. The van der Waals surface area contributed by atoms with Gasteiger partial charge in [-0.1, -0.05) is 60.7 Å². The van der Waals surface area contributed by atoms with Crippen molar-refractivity contribution in [3.63, 3.8) is 0 Å². The fourth-order valence-electron chi connectivity index (χ4n) is 6.05. The maximum atomic E-state index is 12.8. The molecule has 0 spiro atoms. The van der Waals surface area contributed by atoms with E-state index in [-0.39, 0.29) is 24.7 Å². The number of carbonyl (C=O) groups excluding carboxylic acids is 2. The van der Waals surface area contributed by atoms with E-state index in [9.17, 15) is 30.0 Å². The zero-order chi connectivity index (χ0) is 35.4. The second-order valence-corrected chi connectivity index (χ2v) is 12.4. The molecule has 0 aromatic heterocycles. The van der Waals surface area contributed by atoms with Gasteiger partial charge in [0, 0.05) is 18.2 Å². The topological polar surface area (TPSA) is 192 Å². The first kappa shape index (κ1) is 36.0. The summed E-state index contributed by atoms with van der Waals surface area (Å²) in [7, 11) is 0. The number of nitrogens with one attached hydrogen (secondary N) is 1. The van der Waals surface area contributed by atoms with Crippen LogP contribution in [-0.4, -0.2) is 107 Å². The number of hydrogen-bond donors (Lipinski definition) is 5. The van der Waals surface area contributed by atoms with Crippen LogP contribution in [0.25, 0.3) is 0 Å². The minimum atomic E-state index is -1.69. The third kappa shape index (κ3) is 8.22. The average Bonchev–Trinajstić information content (AvgIpc) is 3.13. The van der Waals surface area contributed by atoms with Crippen LogP contribution < -0.4 is 5.32 Å². The molecule has 50 heavy (non-hydrogen) atoms. The van der Waals surface area contributed by atoms with E-state index in [2.05, 4.69) is 5.32 Å². The van der Waals surface area contributed by atoms with Crippen molar-refractivity contribution in [2.75, 3.05) is 18.5 Å². The van der Waals surface area contributed by atoms with Crippen molar-refractivity contribution in [3.05, 3.63) is 101 Å². The summed E-state index contributed by atoms with van der Waals surface area (Å²) in [4.78, 5) is 24.4. The van der Waals surface area contributed by atoms with Crippen molar-refractivity contribution >= 4 is 17.6 Å². The minimum Gasteiger partial charge on any atom is -0.459 e. The van der Waals surface area contributed by atoms with E-state index in [1.807, 2.05) is 37.3 Å². The molecular weight excluding hydrogens is 654 g/mol. The van der Waals surface area contributed by atoms with Crippen LogP contribution >= 0.6 is 0 Å². The molecule has 14 heteroatoms. The average molecular weight is 696 g/mol. The lowest BCUT2D eigenvalue weighted by Gasteiger charge is -2.48. The van der Waals surface area contributed by atoms with Crippen molar-refractivity contribution < 1.29 is 63.2 Å². The van der Waals surface area contributed by atoms with Gasteiger partial charge >= 0.3 is 5.97 Å². The number of benzene rings is 3. The Balaban J connectivity index is 1.16. The van der Waals surface area contributed by atoms with E-state index < -0.39 is 80.3 Å². The Morgan fingerprint density at radius 2 is 1.54 bits per heavy atom. The monoisotopic (exact) mass is 695 g/mol. The van der Waals surface area contributed by atoms with Crippen molar-refractivity contribution in [2.45, 2.75) is 88.2 Å². The highest BCUT2D eigenvalue weighted by Crippen LogP contribution is 2.36. The maximum Gasteiger partial charge on any atom is 0.338 e. The van der Waals surface area contributed by atoms with Gasteiger partial charge in [0.05, 0.1) is 18.8 Å². The highest BCUT2D eigenvalue weighted by molar-refractivity contribution is 5.90. The second-order valence-electron chi connectivity index (χ2n) is 12.4. The lowest BCUT2D eigenvalue weighted by atomic mass is 9.96. The number of amides is 1. The number of carbonyl (C=O) groups is 2. The van der Waals surface area contributed by atoms with Crippen LogP contribution in [0.15, 0.2) is 78.9 Å². The van der Waals surface area contributed by atoms with Gasteiger partial charge in [-0.3, -0.25) is 4.79 Å². The standard InChI is InChI=1S/C36H41NO13/c1-19-13-14-21(15-24(19)37-20(2)38)16-45-35-29(41)27(39)32(25(47-35)17-44-33(43)22-9-5-3-6-10-22)50-36-30(42)28(40)31-26(48-36)18-46-34(49-31)23-11-7-4-8-12-23/h3-15,25-32,34-36,39-42H,16-18H2,1-2H3,(H,37,38)/t25-,26-,27-,28-,29-,30-,31-,32-,34?,35-,36-/m1/s1. The van der Waals surface area contributed by atoms with Gasteiger partial charge in [-0.05, 0) is 36.2 Å². The molecule has 6 rings (SSSR count). The van der Waals surface area contributed by atoms with Crippen LogP contribution in [0.3, 0.4) is 0 Å². The predicted molar refractivity (Wildman–Crippen MR) is 173 cm³/mol. The second kappa shape index (κ2) is 16.0. The maximum absolute atomic E-state index is 12.8. The predicted octanol–water partition coefficient (Wildman–Crippen LogP) is 1.72. The minimum absolute atomic E-state index is 0.00307. The Bertz CT molecular complexity index is 1590. The molecule has 3 heterocycles. The van der Waals surface area contributed by atoms with Gasteiger partial charge in [-0.2, -0.15) is 0 Å². The first-order chi connectivity index (χ1) is 24.1. The summed E-state index contributed by atoms with van der Waals surface area (Å²) >= 11 is 0. The molecule has 3 aliphatic rings. The molecule has 3 aromatic rings. The summed E-state index contributed by atoms with van der Waals surface area (Å²) in [5, 5.41) is 47.4. The summed E-state index contributed by atoms with van der Waals surface area (Å²) < 4.78 is 41.2. The summed E-state index contributed by atoms with van der Waals surface area (Å²) in [6, 6.07) is 22.6. The fraction of sp³-hybridized carbons (Fsp3) is 0.444. The van der Waals surface area contributed by atoms with Gasteiger partial charge in [-0.15, -0.1) is 0 Å². The lowest BCUT2D eigenvalue weighted by molar-refractivity contribution is -0.386. The van der Waals surface area contributed by atoms with Crippen molar-refractivity contribution in [3.8, 4) is 0 Å². The largest absolute Gasteiger partial charge is 0.459 e. The number of anilines is 1. The van der Waals surface area contributed by atoms with Crippen LogP contribution in [0.5, 0.6) is 0 Å². The molecule has 3 aromatic carbocycles. The van der Waals surface area contributed by atoms with E-state index in [0.717, 1.165) is 11.1 Å². The molecule has 1 unspecified atom stereocenters. The molecule has 0 bridgehead atoms. The summed E-state index contributed by atoms with van der Waals surface area (Å²) in [6.07, 6.45) is -14.6. The number of aryl methyl sites for hydroxylation is 1. The van der Waals surface area contributed by atoms with Crippen molar-refractivity contribution in [2.24, 2.45) is 0 Å². The van der Waals surface area contributed by atoms with Gasteiger partial charge in [0.25, 0.3) is 0 Å². The number of aliphatic hydroxyl groups is 4. The fourth-order valence-corrected chi connectivity index (χ4v) is 6.05. The Morgan fingerprint density at radius 1 is 0.840 bits per heavy atom. The highest BCUT2D eigenvalue weighted by atomic mass is 16.8. The Morgan fingerprint density at radius 3 is 2.26 bits per heavy atom. The van der Waals surface area contributed by atoms with E-state index in [1.165, 1.54) is 6.92 Å². The molecule has 1 amide bonds. The van der Waals surface area contributed by atoms with Crippen molar-refractivity contribution in [1.82, 2.24) is 0 Å². The Hall–Kier alpha value is -3.80. The third-order valence-electron chi connectivity index (χ3n) is 8.75. The first-order valence-corrected chi connectivity index (χ1v) is 16.3. The van der Waals surface area contributed by atoms with E-state index in [0.29, 0.717) is 11.3 Å². The van der Waals surface area contributed by atoms with Gasteiger partial charge < -0.3 is 58.9 Å². The molecular formula is C36H41NO13. The molecule has 14 nitrogen and oxygen atoms in total. The third-order valence-corrected chi connectivity index (χ3v) is 8.75. The Kier molecular flexibility index (Phi) is 11.6. The zero-order valence-corrected chi connectivity index (χ0v) is 27.4. The quantitative estimate of drug-likeness (QED) is 0.193. The van der Waals surface area contributed by atoms with Crippen LogP contribution in [-0.2, 0) is 44.6 Å². The summed E-state index contributed by atoms with van der Waals surface area (Å²) in [5.74, 6) is -0.915. The van der Waals surface area contributed by atoms with Gasteiger partial charge in [0.2, 0.25) is 5.91 Å². The highest BCUT2D eigenvalue weighted by Gasteiger charge is 2.53. The number of fused-ring (bicyclic) bond motifs is 1. The molecule has 0 saturated carbocycles. The molecule has 0 radical (unpaired) electrons. The van der Waals surface area contributed by atoms with Gasteiger partial charge in [-0.25, -0.2) is 4.79 Å². The SMILES string of the molecule is CC(=O)Nc1cc(CO[C@@H]2O[C@H](COC(=O)c3ccccc3)[C@@H](O[C@H]3O[C@@H]4COC(c5ccccc5)O[C@H]4[C@H](O)[C@H]3O)[C@H](O)[C@H]2O)ccc1C. The van der Waals surface area contributed by atoms with Crippen LogP contribution in [0.1, 0.15) is 40.3 Å². The molecule has 11 atom stereocenters. The summed E-state index contributed by atoms with van der Waals surface area (Å²) in [6.45, 7) is 2.71. The van der Waals surface area contributed by atoms with Gasteiger partial charge in [0.1, 0.15) is 55.4 Å². The number of aliphatic hydroxyl groups excluding tert-OH is 4. The first-order valence-electron chi connectivity index (χ1n) is 16.3. The lowest BCUT2D eigenvalue weighted by Crippen LogP contribution is -2.66. The van der Waals surface area contributed by atoms with E-state index >= 15 is 0 Å². The van der Waals surface area contributed by atoms with E-state index in [4.69, 9.17) is 33.2 Å². The van der Waals surface area contributed by atoms with E-state index in [1.54, 1.807) is 48.5 Å². The molecule has 268 valence electrons. The Labute approximate surface area is 288 Å². The summed E-state index contributed by atoms with van der Waals surface area (Å²) in [5.41, 5.74) is 3.06.